The van der Waals surface area contributed by atoms with Crippen molar-refractivity contribution in [1.29, 1.82) is 0 Å². The quantitative estimate of drug-likeness (QED) is 0.832. The van der Waals surface area contributed by atoms with Crippen molar-refractivity contribution in [3.63, 3.8) is 0 Å². The highest BCUT2D eigenvalue weighted by atomic mass is 32.1. The Hall–Kier alpha value is -1.23. The molecule has 2 amide bonds. The molecule has 2 fully saturated rings. The van der Waals surface area contributed by atoms with Crippen LogP contribution in [0.15, 0.2) is 10.9 Å². The molecule has 1 aromatic rings. The number of hydrogen-bond acceptors (Lipinski definition) is 4. The molecule has 1 aliphatic heterocycles. The average molecular weight is 264 g/mol. The molecule has 2 unspecified atom stereocenters. The van der Waals surface area contributed by atoms with Crippen molar-refractivity contribution in [2.75, 3.05) is 0 Å². The van der Waals surface area contributed by atoms with Crippen LogP contribution in [0.2, 0.25) is 0 Å². The average Bonchev–Trinajstić information content (AvgIpc) is 3.01. The molecule has 0 radical (unpaired) electrons. The van der Waals surface area contributed by atoms with E-state index in [2.05, 4.69) is 10.3 Å². The summed E-state index contributed by atoms with van der Waals surface area (Å²) in [5.41, 5.74) is 2.69. The molecule has 5 heteroatoms. The Bertz CT molecular complexity index is 452. The molecule has 18 heavy (non-hydrogen) atoms. The van der Waals surface area contributed by atoms with Crippen LogP contribution >= 0.6 is 11.3 Å². The minimum Gasteiger partial charge on any atom is -0.296 e. The lowest BCUT2D eigenvalue weighted by atomic mass is 9.75. The van der Waals surface area contributed by atoms with E-state index in [4.69, 9.17) is 0 Å². The predicted octanol–water partition coefficient (Wildman–Crippen LogP) is 2.08. The number of imide groups is 1. The van der Waals surface area contributed by atoms with Gasteiger partial charge in [-0.3, -0.25) is 14.9 Å². The summed E-state index contributed by atoms with van der Waals surface area (Å²) in [6.07, 6.45) is 5.01. The molecule has 96 valence electrons. The fourth-order valence-electron chi connectivity index (χ4n) is 3.33. The van der Waals surface area contributed by atoms with E-state index < -0.39 is 0 Å². The van der Waals surface area contributed by atoms with Crippen LogP contribution in [0.1, 0.15) is 43.7 Å². The maximum atomic E-state index is 12.1. The number of hydrogen-bond donors (Lipinski definition) is 1. The van der Waals surface area contributed by atoms with Crippen LogP contribution in [0.25, 0.3) is 0 Å². The first-order chi connectivity index (χ1) is 8.75. The Morgan fingerprint density at radius 3 is 2.72 bits per heavy atom. The highest BCUT2D eigenvalue weighted by Gasteiger charge is 2.42. The van der Waals surface area contributed by atoms with E-state index in [9.17, 15) is 9.59 Å². The minimum atomic E-state index is -0.160. The highest BCUT2D eigenvalue weighted by Crippen LogP contribution is 2.42. The normalized spacial score (nSPS) is 29.6. The van der Waals surface area contributed by atoms with Crippen molar-refractivity contribution in [3.8, 4) is 0 Å². The fourth-order valence-corrected chi connectivity index (χ4v) is 3.95. The van der Waals surface area contributed by atoms with Crippen LogP contribution in [0, 0.1) is 11.8 Å². The summed E-state index contributed by atoms with van der Waals surface area (Å²) in [7, 11) is 0. The smallest absolute Gasteiger partial charge is 0.230 e. The molecule has 3 rings (SSSR count). The zero-order chi connectivity index (χ0) is 12.5. The van der Waals surface area contributed by atoms with Gasteiger partial charge >= 0.3 is 0 Å². The van der Waals surface area contributed by atoms with Gasteiger partial charge in [0, 0.05) is 17.7 Å². The third-order valence-electron chi connectivity index (χ3n) is 4.14. The van der Waals surface area contributed by atoms with Gasteiger partial charge in [0.2, 0.25) is 11.8 Å². The van der Waals surface area contributed by atoms with Crippen molar-refractivity contribution in [2.45, 2.75) is 38.0 Å². The Balaban J connectivity index is 1.90. The molecule has 1 aliphatic carbocycles. The van der Waals surface area contributed by atoms with Gasteiger partial charge in [-0.15, -0.1) is 11.3 Å². The standard InChI is InChI=1S/C13H16N2O2S/c16-11-5-9(10-6-18-7-14-10)12(13(17)15-11)8-3-1-2-4-8/h6-9,12H,1-5H2,(H,15,16,17). The van der Waals surface area contributed by atoms with E-state index >= 15 is 0 Å². The van der Waals surface area contributed by atoms with Crippen molar-refractivity contribution >= 4 is 23.2 Å². The predicted molar refractivity (Wildman–Crippen MR) is 68.1 cm³/mol. The topological polar surface area (TPSA) is 59.1 Å². The Labute approximate surface area is 110 Å². The van der Waals surface area contributed by atoms with E-state index in [-0.39, 0.29) is 23.7 Å². The molecule has 2 aliphatic rings. The van der Waals surface area contributed by atoms with Gasteiger partial charge in [0.25, 0.3) is 0 Å². The second kappa shape index (κ2) is 4.80. The third kappa shape index (κ3) is 2.07. The number of carbonyl (C=O) groups excluding carboxylic acids is 2. The second-order valence-electron chi connectivity index (χ2n) is 5.21. The summed E-state index contributed by atoms with van der Waals surface area (Å²) in [5, 5.41) is 4.47. The fraction of sp³-hybridized carbons (Fsp3) is 0.615. The lowest BCUT2D eigenvalue weighted by Crippen LogP contribution is -2.47. The monoisotopic (exact) mass is 264 g/mol. The van der Waals surface area contributed by atoms with Gasteiger partial charge in [-0.05, 0) is 18.8 Å². The van der Waals surface area contributed by atoms with Crippen LogP contribution < -0.4 is 5.32 Å². The number of piperidine rings is 1. The molecule has 1 aromatic heterocycles. The number of aromatic nitrogens is 1. The SMILES string of the molecule is O=C1CC(c2cscn2)C(C2CCCC2)C(=O)N1. The van der Waals surface area contributed by atoms with Crippen LogP contribution in [0.3, 0.4) is 0 Å². The molecule has 0 spiro atoms. The zero-order valence-electron chi connectivity index (χ0n) is 10.1. The van der Waals surface area contributed by atoms with Crippen molar-refractivity contribution in [3.05, 3.63) is 16.6 Å². The molecular formula is C13H16N2O2S. The van der Waals surface area contributed by atoms with E-state index in [1.807, 2.05) is 5.38 Å². The van der Waals surface area contributed by atoms with Gasteiger partial charge in [0.15, 0.2) is 0 Å². The largest absolute Gasteiger partial charge is 0.296 e. The summed E-state index contributed by atoms with van der Waals surface area (Å²) >= 11 is 1.53. The van der Waals surface area contributed by atoms with E-state index in [1.54, 1.807) is 5.51 Å². The van der Waals surface area contributed by atoms with Gasteiger partial charge in [-0.1, -0.05) is 12.8 Å². The van der Waals surface area contributed by atoms with Crippen molar-refractivity contribution < 1.29 is 9.59 Å². The first-order valence-corrected chi connectivity index (χ1v) is 7.42. The molecule has 0 aromatic carbocycles. The highest BCUT2D eigenvalue weighted by molar-refractivity contribution is 7.07. The van der Waals surface area contributed by atoms with E-state index in [0.29, 0.717) is 12.3 Å². The van der Waals surface area contributed by atoms with Crippen molar-refractivity contribution in [1.82, 2.24) is 10.3 Å². The molecule has 4 nitrogen and oxygen atoms in total. The number of amides is 2. The van der Waals surface area contributed by atoms with E-state index in [0.717, 1.165) is 18.5 Å². The van der Waals surface area contributed by atoms with Crippen LogP contribution in [0.4, 0.5) is 0 Å². The minimum absolute atomic E-state index is 0.0133. The van der Waals surface area contributed by atoms with Gasteiger partial charge in [0.05, 0.1) is 17.1 Å². The summed E-state index contributed by atoms with van der Waals surface area (Å²) in [5.74, 6) is 0.0982. The van der Waals surface area contributed by atoms with Crippen molar-refractivity contribution in [2.24, 2.45) is 11.8 Å². The Kier molecular flexibility index (Phi) is 3.16. The van der Waals surface area contributed by atoms with Crippen LogP contribution in [-0.2, 0) is 9.59 Å². The van der Waals surface area contributed by atoms with Gasteiger partial charge in [-0.2, -0.15) is 0 Å². The van der Waals surface area contributed by atoms with Gasteiger partial charge in [0.1, 0.15) is 0 Å². The third-order valence-corrected chi connectivity index (χ3v) is 4.75. The maximum absolute atomic E-state index is 12.1. The number of carbonyl (C=O) groups is 2. The molecule has 0 bridgehead atoms. The maximum Gasteiger partial charge on any atom is 0.230 e. The summed E-state index contributed by atoms with van der Waals surface area (Å²) in [6, 6.07) is 0. The molecule has 1 saturated carbocycles. The number of nitrogens with one attached hydrogen (secondary N) is 1. The molecular weight excluding hydrogens is 248 g/mol. The molecule has 2 heterocycles. The Morgan fingerprint density at radius 2 is 2.06 bits per heavy atom. The van der Waals surface area contributed by atoms with Crippen LogP contribution in [0.5, 0.6) is 0 Å². The molecule has 2 atom stereocenters. The first kappa shape index (κ1) is 11.8. The lowest BCUT2D eigenvalue weighted by Gasteiger charge is -2.33. The Morgan fingerprint density at radius 1 is 1.28 bits per heavy atom. The summed E-state index contributed by atoms with van der Waals surface area (Å²) < 4.78 is 0. The molecule has 1 saturated heterocycles. The first-order valence-electron chi connectivity index (χ1n) is 6.47. The van der Waals surface area contributed by atoms with Crippen LogP contribution in [-0.4, -0.2) is 16.8 Å². The summed E-state index contributed by atoms with van der Waals surface area (Å²) in [6.45, 7) is 0. The molecule has 1 N–H and O–H groups in total. The van der Waals surface area contributed by atoms with Gasteiger partial charge < -0.3 is 0 Å². The number of nitrogens with zero attached hydrogens (tertiary/aromatic N) is 1. The van der Waals surface area contributed by atoms with E-state index in [1.165, 1.54) is 24.2 Å². The van der Waals surface area contributed by atoms with Gasteiger partial charge in [-0.25, -0.2) is 4.98 Å². The zero-order valence-corrected chi connectivity index (χ0v) is 10.9. The summed E-state index contributed by atoms with van der Waals surface area (Å²) in [4.78, 5) is 28.0. The second-order valence-corrected chi connectivity index (χ2v) is 5.93. The number of thiazole rings is 1. The number of rotatable bonds is 2. The lowest BCUT2D eigenvalue weighted by molar-refractivity contribution is -0.138.